The van der Waals surface area contributed by atoms with E-state index in [1.807, 2.05) is 11.4 Å². The molecule has 0 saturated carbocycles. The Labute approximate surface area is 222 Å². The van der Waals surface area contributed by atoms with E-state index in [0.29, 0.717) is 58.8 Å². The lowest BCUT2D eigenvalue weighted by molar-refractivity contribution is 0.0730. The van der Waals surface area contributed by atoms with Crippen molar-refractivity contribution in [3.05, 3.63) is 87.2 Å². The Kier molecular flexibility index (Phi) is 7.36. The molecule has 0 unspecified atom stereocenters. The van der Waals surface area contributed by atoms with Crippen molar-refractivity contribution in [2.75, 3.05) is 26.3 Å². The highest BCUT2D eigenvalue weighted by Crippen LogP contribution is 2.30. The van der Waals surface area contributed by atoms with Gasteiger partial charge in [-0.3, -0.25) is 0 Å². The van der Waals surface area contributed by atoms with Crippen LogP contribution in [0.4, 0.5) is 5.69 Å². The maximum Gasteiger partial charge on any atom is 0.243 e. The van der Waals surface area contributed by atoms with Crippen molar-refractivity contribution in [1.29, 1.82) is 5.26 Å². The minimum absolute atomic E-state index is 0.105. The normalized spacial score (nSPS) is 15.3. The monoisotopic (exact) mass is 553 g/mol. The zero-order valence-corrected chi connectivity index (χ0v) is 21.7. The Morgan fingerprint density at radius 1 is 1.11 bits per heavy atom. The van der Waals surface area contributed by atoms with E-state index in [-0.39, 0.29) is 4.90 Å². The molecule has 0 radical (unpaired) electrons. The van der Waals surface area contributed by atoms with E-state index >= 15 is 0 Å². The van der Waals surface area contributed by atoms with Gasteiger partial charge in [-0.15, -0.1) is 11.3 Å². The molecule has 0 aliphatic carbocycles. The third kappa shape index (κ3) is 5.44. The maximum atomic E-state index is 13.2. The van der Waals surface area contributed by atoms with Crippen molar-refractivity contribution in [3.63, 3.8) is 0 Å². The largest absolute Gasteiger partial charge is 0.463 e. The molecular formula is C25H20ClN5O4S2. The molecule has 4 aromatic rings. The van der Waals surface area contributed by atoms with Gasteiger partial charge in [-0.05, 0) is 48.0 Å². The zero-order valence-electron chi connectivity index (χ0n) is 19.3. The average Bonchev–Trinajstić information content (AvgIpc) is 3.59. The molecule has 0 spiro atoms. The highest BCUT2D eigenvalue weighted by molar-refractivity contribution is 7.89. The molecule has 1 aliphatic rings. The molecule has 1 fully saturated rings. The fraction of sp³-hybridized carbons (Fsp3) is 0.160. The van der Waals surface area contributed by atoms with Crippen molar-refractivity contribution < 1.29 is 17.6 Å². The number of nitriles is 1. The van der Waals surface area contributed by atoms with Gasteiger partial charge in [0.25, 0.3) is 0 Å². The quantitative estimate of drug-likeness (QED) is 0.327. The molecule has 1 aliphatic heterocycles. The van der Waals surface area contributed by atoms with Gasteiger partial charge in [-0.25, -0.2) is 18.1 Å². The first-order valence-electron chi connectivity index (χ1n) is 11.2. The zero-order chi connectivity index (χ0) is 25.8. The van der Waals surface area contributed by atoms with Crippen LogP contribution in [0.1, 0.15) is 11.1 Å². The topological polar surface area (TPSA) is 113 Å². The summed E-state index contributed by atoms with van der Waals surface area (Å²) in [5.74, 6) is 0.587. The first-order valence-corrected chi connectivity index (χ1v) is 13.9. The van der Waals surface area contributed by atoms with Crippen LogP contribution in [-0.2, 0) is 14.8 Å². The molecule has 0 amide bonds. The van der Waals surface area contributed by atoms with Gasteiger partial charge in [0.2, 0.25) is 14.8 Å². The molecule has 2 aromatic heterocycles. The van der Waals surface area contributed by atoms with Gasteiger partial charge in [0.05, 0.1) is 52.9 Å². The summed E-state index contributed by atoms with van der Waals surface area (Å²) in [4.78, 5) is 5.24. The molecule has 1 saturated heterocycles. The van der Waals surface area contributed by atoms with Gasteiger partial charge < -0.3 is 9.15 Å². The van der Waals surface area contributed by atoms with E-state index in [1.165, 1.54) is 33.8 Å². The van der Waals surface area contributed by atoms with E-state index < -0.39 is 10.0 Å². The maximum absolute atomic E-state index is 13.2. The Balaban J connectivity index is 1.57. The first kappa shape index (κ1) is 25.1. The number of morpholine rings is 1. The van der Waals surface area contributed by atoms with Crippen molar-refractivity contribution >= 4 is 44.9 Å². The summed E-state index contributed by atoms with van der Waals surface area (Å²) < 4.78 is 40.2. The molecule has 3 heterocycles. The molecule has 0 atom stereocenters. The van der Waals surface area contributed by atoms with Crippen molar-refractivity contribution in [1.82, 2.24) is 8.98 Å². The lowest BCUT2D eigenvalue weighted by Crippen LogP contribution is -2.40. The van der Waals surface area contributed by atoms with Gasteiger partial charge >= 0.3 is 0 Å². The van der Waals surface area contributed by atoms with Crippen LogP contribution in [0.25, 0.3) is 11.5 Å². The Morgan fingerprint density at radius 3 is 2.59 bits per heavy atom. The van der Waals surface area contributed by atoms with Gasteiger partial charge in [0.15, 0.2) is 5.76 Å². The summed E-state index contributed by atoms with van der Waals surface area (Å²) in [7, 11) is -3.72. The number of aromatic nitrogens is 1. The third-order valence-electron chi connectivity index (χ3n) is 5.56. The molecule has 2 aromatic carbocycles. The molecule has 0 bridgehead atoms. The molecule has 37 heavy (non-hydrogen) atoms. The Bertz CT molecular complexity index is 1640. The summed E-state index contributed by atoms with van der Waals surface area (Å²) in [6, 6.07) is 17.1. The number of rotatable bonds is 6. The number of ether oxygens (including phenoxy) is 1. The van der Waals surface area contributed by atoms with Gasteiger partial charge in [-0.2, -0.15) is 14.7 Å². The van der Waals surface area contributed by atoms with E-state index in [1.54, 1.807) is 47.5 Å². The van der Waals surface area contributed by atoms with Crippen LogP contribution < -0.4 is 4.80 Å². The minimum atomic E-state index is -3.72. The van der Waals surface area contributed by atoms with E-state index in [9.17, 15) is 8.42 Å². The highest BCUT2D eigenvalue weighted by atomic mass is 35.5. The van der Waals surface area contributed by atoms with Crippen molar-refractivity contribution in [2.24, 2.45) is 10.1 Å². The number of hydrogen-bond donors (Lipinski definition) is 0. The van der Waals surface area contributed by atoms with Crippen molar-refractivity contribution in [3.8, 4) is 17.5 Å². The standard InChI is InChI=1S/C25H20ClN5O4S2/c26-21-8-7-20(37(32,33)30-9-12-34-13-10-30)14-22(21)29-25-31(23(17-36-25)24-2-1-11-35-24)28-16-19-5-3-18(15-27)4-6-19/h1-8,11,14,16-17H,9-10,12-13H2/b28-16+,29-25?. The SMILES string of the molecule is N#Cc1ccc(/C=N/n2c(-c3ccco3)csc2=Nc2cc(S(=O)(=O)N3CCOCC3)ccc2Cl)cc1. The minimum Gasteiger partial charge on any atom is -0.463 e. The number of benzene rings is 2. The summed E-state index contributed by atoms with van der Waals surface area (Å²) in [6.45, 7) is 1.29. The fourth-order valence-corrected chi connectivity index (χ4v) is 6.05. The average molecular weight is 554 g/mol. The number of hydrogen-bond acceptors (Lipinski definition) is 8. The predicted octanol–water partition coefficient (Wildman–Crippen LogP) is 4.47. The number of furan rings is 1. The first-order chi connectivity index (χ1) is 18.0. The molecule has 0 N–H and O–H groups in total. The highest BCUT2D eigenvalue weighted by Gasteiger charge is 2.27. The number of nitrogens with zero attached hydrogens (tertiary/aromatic N) is 5. The smallest absolute Gasteiger partial charge is 0.243 e. The Morgan fingerprint density at radius 2 is 1.89 bits per heavy atom. The number of thiazole rings is 1. The van der Waals surface area contributed by atoms with Crippen LogP contribution in [0.15, 0.2) is 85.6 Å². The summed E-state index contributed by atoms with van der Waals surface area (Å²) in [5.41, 5.74) is 2.29. The Hall–Kier alpha value is -3.53. The second-order valence-corrected chi connectivity index (χ2v) is 11.1. The van der Waals surface area contributed by atoms with Crippen LogP contribution in [0.3, 0.4) is 0 Å². The number of sulfonamides is 1. The number of halogens is 1. The molecule has 9 nitrogen and oxygen atoms in total. The molecular weight excluding hydrogens is 534 g/mol. The molecule has 188 valence electrons. The molecule has 5 rings (SSSR count). The summed E-state index contributed by atoms with van der Waals surface area (Å²) in [6.07, 6.45) is 3.20. The predicted molar refractivity (Wildman–Crippen MR) is 140 cm³/mol. The second kappa shape index (κ2) is 10.8. The van der Waals surface area contributed by atoms with E-state index in [0.717, 1.165) is 5.56 Å². The van der Waals surface area contributed by atoms with Crippen LogP contribution >= 0.6 is 22.9 Å². The van der Waals surface area contributed by atoms with Gasteiger partial charge in [-0.1, -0.05) is 23.7 Å². The van der Waals surface area contributed by atoms with Crippen LogP contribution in [0.5, 0.6) is 0 Å². The van der Waals surface area contributed by atoms with Crippen LogP contribution in [0, 0.1) is 11.3 Å². The van der Waals surface area contributed by atoms with E-state index in [2.05, 4.69) is 16.2 Å². The third-order valence-corrected chi connectivity index (χ3v) is 8.59. The lowest BCUT2D eigenvalue weighted by Gasteiger charge is -2.26. The summed E-state index contributed by atoms with van der Waals surface area (Å²) >= 11 is 7.74. The second-order valence-electron chi connectivity index (χ2n) is 7.91. The van der Waals surface area contributed by atoms with E-state index in [4.69, 9.17) is 26.0 Å². The van der Waals surface area contributed by atoms with Crippen LogP contribution in [-0.4, -0.2) is 49.9 Å². The summed E-state index contributed by atoms with van der Waals surface area (Å²) in [5, 5.41) is 15.8. The molecule has 12 heteroatoms. The van der Waals surface area contributed by atoms with Gasteiger partial charge in [0, 0.05) is 18.5 Å². The fourth-order valence-electron chi connectivity index (χ4n) is 3.63. The van der Waals surface area contributed by atoms with Crippen molar-refractivity contribution in [2.45, 2.75) is 4.90 Å². The lowest BCUT2D eigenvalue weighted by atomic mass is 10.2. The van der Waals surface area contributed by atoms with Gasteiger partial charge in [0.1, 0.15) is 5.69 Å². The van der Waals surface area contributed by atoms with Crippen LogP contribution in [0.2, 0.25) is 5.02 Å².